The molecular formula is C22H22FN3O3S. The first-order valence-electron chi connectivity index (χ1n) is 10.1. The first-order valence-corrected chi connectivity index (χ1v) is 11.6. The average Bonchev–Trinajstić information content (AvgIpc) is 3.23. The number of anilines is 2. The highest BCUT2D eigenvalue weighted by Crippen LogP contribution is 2.43. The maximum Gasteiger partial charge on any atom is 0.267 e. The summed E-state index contributed by atoms with van der Waals surface area (Å²) in [5, 5.41) is 0. The van der Waals surface area contributed by atoms with Crippen LogP contribution in [0.2, 0.25) is 0 Å². The van der Waals surface area contributed by atoms with E-state index in [0.717, 1.165) is 18.7 Å². The van der Waals surface area contributed by atoms with Crippen molar-refractivity contribution in [3.63, 3.8) is 0 Å². The molecule has 2 aromatic rings. The van der Waals surface area contributed by atoms with Crippen LogP contribution in [-0.2, 0) is 14.6 Å². The Morgan fingerprint density at radius 1 is 0.900 bits per heavy atom. The number of fused-ring (bicyclic) bond motifs is 3. The fraction of sp³-hybridized carbons (Fsp3) is 0.318. The molecule has 0 spiro atoms. The lowest BCUT2D eigenvalue weighted by Crippen LogP contribution is -2.50. The molecule has 156 valence electrons. The fourth-order valence-electron chi connectivity index (χ4n) is 4.55. The van der Waals surface area contributed by atoms with E-state index in [1.54, 1.807) is 35.2 Å². The first kappa shape index (κ1) is 19.1. The summed E-state index contributed by atoms with van der Waals surface area (Å²) in [7, 11) is -3.86. The first-order chi connectivity index (χ1) is 14.5. The van der Waals surface area contributed by atoms with Crippen molar-refractivity contribution in [1.82, 2.24) is 4.90 Å². The smallest absolute Gasteiger partial charge is 0.267 e. The van der Waals surface area contributed by atoms with Crippen molar-refractivity contribution < 1.29 is 17.6 Å². The van der Waals surface area contributed by atoms with Gasteiger partial charge >= 0.3 is 0 Å². The van der Waals surface area contributed by atoms with Gasteiger partial charge in [-0.1, -0.05) is 12.1 Å². The minimum absolute atomic E-state index is 0.0612. The predicted molar refractivity (Wildman–Crippen MR) is 112 cm³/mol. The third kappa shape index (κ3) is 2.98. The normalized spacial score (nSPS) is 20.2. The second-order valence-electron chi connectivity index (χ2n) is 7.76. The Labute approximate surface area is 175 Å². The largest absolute Gasteiger partial charge is 0.368 e. The molecule has 0 N–H and O–H groups in total. The van der Waals surface area contributed by atoms with Gasteiger partial charge in [0.1, 0.15) is 5.82 Å². The zero-order chi connectivity index (χ0) is 20.9. The maximum atomic E-state index is 13.4. The van der Waals surface area contributed by atoms with Crippen LogP contribution in [0, 0.1) is 5.82 Å². The summed E-state index contributed by atoms with van der Waals surface area (Å²) < 4.78 is 39.9. The van der Waals surface area contributed by atoms with E-state index in [1.807, 2.05) is 11.0 Å². The number of carbonyl (C=O) groups is 1. The zero-order valence-electron chi connectivity index (χ0n) is 16.4. The molecule has 0 aromatic heterocycles. The van der Waals surface area contributed by atoms with Gasteiger partial charge in [-0.05, 0) is 49.2 Å². The summed E-state index contributed by atoms with van der Waals surface area (Å²) in [5.74, 6) is -0.699. The van der Waals surface area contributed by atoms with E-state index in [2.05, 4.69) is 4.90 Å². The minimum Gasteiger partial charge on any atom is -0.368 e. The van der Waals surface area contributed by atoms with Crippen molar-refractivity contribution in [1.29, 1.82) is 0 Å². The molecule has 5 rings (SSSR count). The topological polar surface area (TPSA) is 60.9 Å². The van der Waals surface area contributed by atoms with Crippen molar-refractivity contribution >= 4 is 27.1 Å². The maximum absolute atomic E-state index is 13.4. The Morgan fingerprint density at radius 2 is 1.60 bits per heavy atom. The molecule has 0 saturated carbocycles. The lowest BCUT2D eigenvalue weighted by molar-refractivity contribution is -0.126. The van der Waals surface area contributed by atoms with Crippen molar-refractivity contribution in [3.05, 3.63) is 65.0 Å². The van der Waals surface area contributed by atoms with Crippen LogP contribution < -0.4 is 9.80 Å². The Bertz CT molecular complexity index is 1140. The molecule has 0 atom stereocenters. The van der Waals surface area contributed by atoms with Gasteiger partial charge in [0.2, 0.25) is 9.84 Å². The standard InChI is InChI=1S/C22H22FN3O3S/c23-16-7-9-17(10-8-16)24-12-14-25(15-13-24)22(27)21-19-5-3-11-26(19)18-4-1-2-6-20(18)30(21,28)29/h1-2,4,6-10H,3,5,11-15H2. The van der Waals surface area contributed by atoms with E-state index in [1.165, 1.54) is 12.1 Å². The second-order valence-corrected chi connectivity index (χ2v) is 9.61. The number of hydrogen-bond acceptors (Lipinski definition) is 5. The summed E-state index contributed by atoms with van der Waals surface area (Å²) in [6, 6.07) is 13.2. The summed E-state index contributed by atoms with van der Waals surface area (Å²) in [6.45, 7) is 2.70. The molecule has 0 aliphatic carbocycles. The van der Waals surface area contributed by atoms with Gasteiger partial charge in [-0.15, -0.1) is 0 Å². The van der Waals surface area contributed by atoms with Gasteiger partial charge in [-0.3, -0.25) is 4.79 Å². The number of benzene rings is 2. The van der Waals surface area contributed by atoms with Gasteiger partial charge in [-0.2, -0.15) is 0 Å². The van der Waals surface area contributed by atoms with Crippen LogP contribution in [0.4, 0.5) is 15.8 Å². The molecule has 0 radical (unpaired) electrons. The van der Waals surface area contributed by atoms with Crippen molar-refractivity contribution in [2.75, 3.05) is 42.5 Å². The number of amides is 1. The van der Waals surface area contributed by atoms with E-state index in [4.69, 9.17) is 0 Å². The molecule has 6 nitrogen and oxygen atoms in total. The van der Waals surface area contributed by atoms with E-state index in [9.17, 15) is 17.6 Å². The average molecular weight is 428 g/mol. The number of piperazine rings is 1. The van der Waals surface area contributed by atoms with Crippen LogP contribution >= 0.6 is 0 Å². The highest BCUT2D eigenvalue weighted by Gasteiger charge is 2.43. The molecule has 3 aliphatic rings. The van der Waals surface area contributed by atoms with E-state index >= 15 is 0 Å². The van der Waals surface area contributed by atoms with Crippen molar-refractivity contribution in [2.24, 2.45) is 0 Å². The molecular weight excluding hydrogens is 405 g/mol. The molecule has 3 heterocycles. The molecule has 1 amide bonds. The molecule has 2 aromatic carbocycles. The van der Waals surface area contributed by atoms with Crippen LogP contribution in [0.5, 0.6) is 0 Å². The summed E-state index contributed by atoms with van der Waals surface area (Å²) in [4.78, 5) is 19.2. The van der Waals surface area contributed by atoms with Crippen LogP contribution in [0.25, 0.3) is 0 Å². The molecule has 30 heavy (non-hydrogen) atoms. The van der Waals surface area contributed by atoms with Gasteiger partial charge in [0.05, 0.1) is 10.6 Å². The zero-order valence-corrected chi connectivity index (χ0v) is 17.2. The number of para-hydroxylation sites is 1. The molecule has 2 fully saturated rings. The number of sulfone groups is 1. The van der Waals surface area contributed by atoms with Gasteiger partial charge in [0, 0.05) is 44.1 Å². The predicted octanol–water partition coefficient (Wildman–Crippen LogP) is 2.77. The summed E-state index contributed by atoms with van der Waals surface area (Å²) in [6.07, 6.45) is 1.42. The SMILES string of the molecule is O=C(C1=C2CCCN2c2ccccc2S1(=O)=O)N1CCN(c2ccc(F)cc2)CC1. The Hall–Kier alpha value is -2.87. The third-order valence-corrected chi connectivity index (χ3v) is 7.92. The van der Waals surface area contributed by atoms with Crippen LogP contribution in [-0.4, -0.2) is 51.9 Å². The second kappa shape index (κ2) is 7.12. The number of hydrogen-bond donors (Lipinski definition) is 0. The number of rotatable bonds is 2. The summed E-state index contributed by atoms with van der Waals surface area (Å²) in [5.41, 5.74) is 2.19. The molecule has 8 heteroatoms. The van der Waals surface area contributed by atoms with Crippen molar-refractivity contribution in [3.8, 4) is 0 Å². The molecule has 2 saturated heterocycles. The lowest BCUT2D eigenvalue weighted by Gasteiger charge is -2.38. The van der Waals surface area contributed by atoms with Gasteiger partial charge in [-0.25, -0.2) is 12.8 Å². The van der Waals surface area contributed by atoms with E-state index in [-0.39, 0.29) is 15.6 Å². The lowest BCUT2D eigenvalue weighted by atomic mass is 10.2. The third-order valence-electron chi connectivity index (χ3n) is 6.05. The van der Waals surface area contributed by atoms with Crippen LogP contribution in [0.3, 0.4) is 0 Å². The van der Waals surface area contributed by atoms with E-state index in [0.29, 0.717) is 44.0 Å². The van der Waals surface area contributed by atoms with Crippen LogP contribution in [0.15, 0.2) is 64.0 Å². The van der Waals surface area contributed by atoms with Crippen molar-refractivity contribution in [2.45, 2.75) is 17.7 Å². The number of nitrogens with zero attached hydrogens (tertiary/aromatic N) is 3. The number of carbonyl (C=O) groups excluding carboxylic acids is 1. The summed E-state index contributed by atoms with van der Waals surface area (Å²) >= 11 is 0. The molecule has 3 aliphatic heterocycles. The fourth-order valence-corrected chi connectivity index (χ4v) is 6.36. The van der Waals surface area contributed by atoms with Gasteiger partial charge < -0.3 is 14.7 Å². The number of halogens is 1. The van der Waals surface area contributed by atoms with Crippen LogP contribution in [0.1, 0.15) is 12.8 Å². The minimum atomic E-state index is -3.86. The van der Waals surface area contributed by atoms with Gasteiger partial charge in [0.25, 0.3) is 5.91 Å². The Morgan fingerprint density at radius 3 is 2.33 bits per heavy atom. The Balaban J connectivity index is 1.42. The van der Waals surface area contributed by atoms with Gasteiger partial charge in [0.15, 0.2) is 4.91 Å². The highest BCUT2D eigenvalue weighted by atomic mass is 32.2. The highest BCUT2D eigenvalue weighted by molar-refractivity contribution is 7.96. The number of allylic oxidation sites excluding steroid dienone is 1. The quantitative estimate of drug-likeness (QED) is 0.738. The van der Waals surface area contributed by atoms with E-state index < -0.39 is 15.7 Å². The molecule has 0 unspecified atom stereocenters. The molecule has 0 bridgehead atoms. The Kier molecular flexibility index (Phi) is 4.54. The monoisotopic (exact) mass is 427 g/mol.